The van der Waals surface area contributed by atoms with Gasteiger partial charge < -0.3 is 10.0 Å². The van der Waals surface area contributed by atoms with Gasteiger partial charge in [0.2, 0.25) is 0 Å². The lowest BCUT2D eigenvalue weighted by Gasteiger charge is -2.35. The van der Waals surface area contributed by atoms with Gasteiger partial charge in [0.15, 0.2) is 0 Å². The van der Waals surface area contributed by atoms with Crippen LogP contribution in [0.2, 0.25) is 0 Å². The van der Waals surface area contributed by atoms with Crippen molar-refractivity contribution in [3.05, 3.63) is 15.9 Å². The molecule has 0 spiro atoms. The van der Waals surface area contributed by atoms with Crippen molar-refractivity contribution < 1.29 is 9.90 Å². The molecule has 1 aliphatic rings. The van der Waals surface area contributed by atoms with Crippen LogP contribution in [0.3, 0.4) is 0 Å². The lowest BCUT2D eigenvalue weighted by Crippen LogP contribution is -2.50. The predicted octanol–water partition coefficient (Wildman–Crippen LogP) is 0.516. The van der Waals surface area contributed by atoms with Gasteiger partial charge in [0, 0.05) is 39.8 Å². The summed E-state index contributed by atoms with van der Waals surface area (Å²) in [4.78, 5) is 15.7. The van der Waals surface area contributed by atoms with Crippen molar-refractivity contribution in [3.8, 4) is 0 Å². The molecule has 0 bridgehead atoms. The number of nitrogens with zero attached hydrogens (tertiary/aromatic N) is 4. The van der Waals surface area contributed by atoms with E-state index >= 15 is 0 Å². The highest BCUT2D eigenvalue weighted by atomic mass is 79.9. The Hall–Kier alpha value is -0.920. The third-order valence-electron chi connectivity index (χ3n) is 3.68. The van der Waals surface area contributed by atoms with E-state index in [0.29, 0.717) is 13.1 Å². The van der Waals surface area contributed by atoms with Crippen molar-refractivity contribution in [2.45, 2.75) is 26.5 Å². The molecular weight excluding hydrogens is 324 g/mol. The number of hydrogen-bond donors (Lipinski definition) is 1. The van der Waals surface area contributed by atoms with Gasteiger partial charge in [-0.1, -0.05) is 0 Å². The zero-order valence-corrected chi connectivity index (χ0v) is 13.7. The van der Waals surface area contributed by atoms with Crippen LogP contribution in [0.25, 0.3) is 0 Å². The Kier molecular flexibility index (Phi) is 4.82. The van der Waals surface area contributed by atoms with Crippen molar-refractivity contribution in [1.29, 1.82) is 0 Å². The number of aromatic nitrogens is 2. The Morgan fingerprint density at radius 1 is 1.40 bits per heavy atom. The van der Waals surface area contributed by atoms with Gasteiger partial charge in [-0.3, -0.25) is 14.4 Å². The van der Waals surface area contributed by atoms with Crippen LogP contribution < -0.4 is 0 Å². The van der Waals surface area contributed by atoms with Crippen LogP contribution in [0.5, 0.6) is 0 Å². The minimum atomic E-state index is -0.907. The Morgan fingerprint density at radius 2 is 2.00 bits per heavy atom. The summed E-state index contributed by atoms with van der Waals surface area (Å²) >= 11 is 3.57. The summed E-state index contributed by atoms with van der Waals surface area (Å²) in [7, 11) is 1.94. The average Bonchev–Trinajstić information content (AvgIpc) is 2.65. The molecule has 1 aliphatic heterocycles. The van der Waals surface area contributed by atoms with Crippen LogP contribution in [-0.4, -0.2) is 62.9 Å². The molecule has 1 saturated heterocycles. The molecule has 0 aliphatic carbocycles. The van der Waals surface area contributed by atoms with E-state index in [4.69, 9.17) is 0 Å². The van der Waals surface area contributed by atoms with E-state index < -0.39 is 6.10 Å². The lowest BCUT2D eigenvalue weighted by molar-refractivity contribution is -0.141. The van der Waals surface area contributed by atoms with E-state index in [1.807, 2.05) is 18.7 Å². The van der Waals surface area contributed by atoms with Crippen LogP contribution in [0.1, 0.15) is 18.3 Å². The minimum Gasteiger partial charge on any atom is -0.384 e. The van der Waals surface area contributed by atoms with Gasteiger partial charge in [-0.25, -0.2) is 0 Å². The maximum Gasteiger partial charge on any atom is 0.251 e. The van der Waals surface area contributed by atoms with E-state index in [-0.39, 0.29) is 5.91 Å². The van der Waals surface area contributed by atoms with Crippen molar-refractivity contribution in [1.82, 2.24) is 19.6 Å². The molecule has 1 atom stereocenters. The second-order valence-electron chi connectivity index (χ2n) is 5.25. The third kappa shape index (κ3) is 3.21. The van der Waals surface area contributed by atoms with Gasteiger partial charge in [-0.15, -0.1) is 0 Å². The molecule has 2 heterocycles. The van der Waals surface area contributed by atoms with Crippen molar-refractivity contribution in [2.75, 3.05) is 26.2 Å². The number of carbonyl (C=O) groups is 1. The zero-order chi connectivity index (χ0) is 14.9. The number of aliphatic hydroxyl groups excluding tert-OH is 1. The number of hydrogen-bond acceptors (Lipinski definition) is 4. The van der Waals surface area contributed by atoms with Crippen molar-refractivity contribution in [2.24, 2.45) is 7.05 Å². The maximum atomic E-state index is 11.7. The van der Waals surface area contributed by atoms with Gasteiger partial charge in [-0.05, 0) is 29.8 Å². The fraction of sp³-hybridized carbons (Fsp3) is 0.692. The second kappa shape index (κ2) is 6.24. The fourth-order valence-electron chi connectivity index (χ4n) is 2.45. The van der Waals surface area contributed by atoms with Crippen LogP contribution in [-0.2, 0) is 18.4 Å². The van der Waals surface area contributed by atoms with Crippen LogP contribution in [0.15, 0.2) is 4.47 Å². The summed E-state index contributed by atoms with van der Waals surface area (Å²) < 4.78 is 2.95. The van der Waals surface area contributed by atoms with E-state index in [0.717, 1.165) is 35.5 Å². The SMILES string of the molecule is Cc1nn(C)c(CN2CCN(C(=O)C(C)O)CC2)c1Br. The Bertz CT molecular complexity index is 493. The number of carbonyl (C=O) groups excluding carboxylic acids is 1. The minimum absolute atomic E-state index is 0.179. The number of piperazine rings is 1. The molecule has 1 unspecified atom stereocenters. The molecular formula is C13H21BrN4O2. The smallest absolute Gasteiger partial charge is 0.251 e. The van der Waals surface area contributed by atoms with Crippen molar-refractivity contribution >= 4 is 21.8 Å². The van der Waals surface area contributed by atoms with Crippen LogP contribution in [0.4, 0.5) is 0 Å². The molecule has 6 nitrogen and oxygen atoms in total. The monoisotopic (exact) mass is 344 g/mol. The first-order valence-electron chi connectivity index (χ1n) is 6.77. The van der Waals surface area contributed by atoms with Gasteiger partial charge >= 0.3 is 0 Å². The predicted molar refractivity (Wildman–Crippen MR) is 79.2 cm³/mol. The summed E-state index contributed by atoms with van der Waals surface area (Å²) in [5, 5.41) is 13.7. The number of aryl methyl sites for hydroxylation is 2. The first-order chi connectivity index (χ1) is 9.40. The Balaban J connectivity index is 1.93. The molecule has 1 fully saturated rings. The van der Waals surface area contributed by atoms with Gasteiger partial charge in [0.1, 0.15) is 6.10 Å². The standard InChI is InChI=1S/C13H21BrN4O2/c1-9-12(14)11(16(3)15-9)8-17-4-6-18(7-5-17)13(20)10(2)19/h10,19H,4-8H2,1-3H3. The molecule has 0 radical (unpaired) electrons. The summed E-state index contributed by atoms with van der Waals surface area (Å²) in [6.07, 6.45) is -0.907. The third-order valence-corrected chi connectivity index (χ3v) is 4.71. The first kappa shape index (κ1) is 15.5. The summed E-state index contributed by atoms with van der Waals surface area (Å²) in [5.74, 6) is -0.179. The molecule has 0 aromatic carbocycles. The zero-order valence-electron chi connectivity index (χ0n) is 12.1. The van der Waals surface area contributed by atoms with E-state index in [2.05, 4.69) is 25.9 Å². The molecule has 1 aromatic heterocycles. The van der Waals surface area contributed by atoms with Gasteiger partial charge in [-0.2, -0.15) is 5.10 Å². The molecule has 7 heteroatoms. The fourth-order valence-corrected chi connectivity index (χ4v) is 2.92. The lowest BCUT2D eigenvalue weighted by atomic mass is 10.2. The van der Waals surface area contributed by atoms with Crippen LogP contribution in [0, 0.1) is 6.92 Å². The topological polar surface area (TPSA) is 61.6 Å². The molecule has 0 saturated carbocycles. The average molecular weight is 345 g/mol. The normalized spacial score (nSPS) is 18.4. The number of halogens is 1. The summed E-state index contributed by atoms with van der Waals surface area (Å²) in [6, 6.07) is 0. The largest absolute Gasteiger partial charge is 0.384 e. The highest BCUT2D eigenvalue weighted by Crippen LogP contribution is 2.22. The van der Waals surface area contributed by atoms with Gasteiger partial charge in [0.05, 0.1) is 15.9 Å². The molecule has 112 valence electrons. The van der Waals surface area contributed by atoms with Crippen LogP contribution >= 0.6 is 15.9 Å². The van der Waals surface area contributed by atoms with E-state index in [1.165, 1.54) is 6.92 Å². The summed E-state index contributed by atoms with van der Waals surface area (Å²) in [5.41, 5.74) is 2.14. The molecule has 1 aromatic rings. The highest BCUT2D eigenvalue weighted by Gasteiger charge is 2.24. The molecule has 20 heavy (non-hydrogen) atoms. The van der Waals surface area contributed by atoms with E-state index in [9.17, 15) is 9.90 Å². The molecule has 1 N–H and O–H groups in total. The highest BCUT2D eigenvalue weighted by molar-refractivity contribution is 9.10. The quantitative estimate of drug-likeness (QED) is 0.868. The maximum absolute atomic E-state index is 11.7. The molecule has 2 rings (SSSR count). The Labute approximate surface area is 127 Å². The number of aliphatic hydroxyl groups is 1. The number of amides is 1. The second-order valence-corrected chi connectivity index (χ2v) is 6.04. The Morgan fingerprint density at radius 3 is 2.45 bits per heavy atom. The van der Waals surface area contributed by atoms with E-state index in [1.54, 1.807) is 4.90 Å². The van der Waals surface area contributed by atoms with Crippen molar-refractivity contribution in [3.63, 3.8) is 0 Å². The summed E-state index contributed by atoms with van der Waals surface area (Å²) in [6.45, 7) is 7.27. The first-order valence-corrected chi connectivity index (χ1v) is 7.56. The van der Waals surface area contributed by atoms with Gasteiger partial charge in [0.25, 0.3) is 5.91 Å². The molecule has 1 amide bonds. The number of rotatable bonds is 3.